The maximum atomic E-state index is 13.1. The standard InChI is InChI=1S/C23H31N5O5S/c1-16(2)13-20(27-34(32,33)18-7-4-3-5-8-18)22(30)26-19-9-6-12-28-15-17(14-25-28)10-11-24-23(31)21(19)29/h3-5,7-8,14-16,19-20,27H,6,9-13H2,1-2H3,(H,24,31)(H,26,30). The quantitative estimate of drug-likeness (QED) is 0.491. The van der Waals surface area contributed by atoms with Crippen LogP contribution >= 0.6 is 0 Å². The van der Waals surface area contributed by atoms with Gasteiger partial charge >= 0.3 is 0 Å². The predicted octanol–water partition coefficient (Wildman–Crippen LogP) is 0.783. The Morgan fingerprint density at radius 1 is 1.24 bits per heavy atom. The Balaban J connectivity index is 1.76. The van der Waals surface area contributed by atoms with Crippen molar-refractivity contribution in [3.8, 4) is 0 Å². The van der Waals surface area contributed by atoms with Gasteiger partial charge in [0.15, 0.2) is 0 Å². The molecule has 1 aliphatic rings. The highest BCUT2D eigenvalue weighted by atomic mass is 32.2. The largest absolute Gasteiger partial charge is 0.349 e. The molecular weight excluding hydrogens is 458 g/mol. The second-order valence-corrected chi connectivity index (χ2v) is 10.5. The van der Waals surface area contributed by atoms with Gasteiger partial charge in [0, 0.05) is 19.3 Å². The Morgan fingerprint density at radius 3 is 2.68 bits per heavy atom. The van der Waals surface area contributed by atoms with Gasteiger partial charge in [-0.3, -0.25) is 19.1 Å². The van der Waals surface area contributed by atoms with Crippen LogP contribution in [0.25, 0.3) is 0 Å². The van der Waals surface area contributed by atoms with E-state index in [0.29, 0.717) is 19.4 Å². The minimum Gasteiger partial charge on any atom is -0.349 e. The number of aromatic nitrogens is 2. The number of rotatable bonds is 7. The second-order valence-electron chi connectivity index (χ2n) is 8.80. The van der Waals surface area contributed by atoms with Crippen molar-refractivity contribution in [2.45, 2.75) is 63.1 Å². The first-order valence-electron chi connectivity index (χ1n) is 11.4. The van der Waals surface area contributed by atoms with Crippen molar-refractivity contribution in [3.05, 3.63) is 48.3 Å². The molecule has 2 heterocycles. The maximum absolute atomic E-state index is 13.1. The molecule has 11 heteroatoms. The number of fused-ring (bicyclic) bond motifs is 2. The molecule has 3 N–H and O–H groups in total. The van der Waals surface area contributed by atoms with Crippen molar-refractivity contribution in [2.24, 2.45) is 5.92 Å². The smallest absolute Gasteiger partial charge is 0.289 e. The van der Waals surface area contributed by atoms with E-state index >= 15 is 0 Å². The lowest BCUT2D eigenvalue weighted by Gasteiger charge is -2.24. The molecule has 0 aliphatic carbocycles. The molecule has 2 atom stereocenters. The molecule has 34 heavy (non-hydrogen) atoms. The van der Waals surface area contributed by atoms with Gasteiger partial charge < -0.3 is 10.6 Å². The highest BCUT2D eigenvalue weighted by Gasteiger charge is 2.32. The minimum atomic E-state index is -3.96. The summed E-state index contributed by atoms with van der Waals surface area (Å²) >= 11 is 0. The van der Waals surface area contributed by atoms with Crippen LogP contribution in [-0.2, 0) is 37.4 Å². The number of carbonyl (C=O) groups excluding carboxylic acids is 3. The Labute approximate surface area is 199 Å². The first kappa shape index (κ1) is 25.6. The average Bonchev–Trinajstić information content (AvgIpc) is 3.24. The van der Waals surface area contributed by atoms with Gasteiger partial charge in [-0.15, -0.1) is 0 Å². The molecule has 0 fully saturated rings. The molecule has 0 saturated carbocycles. The zero-order valence-electron chi connectivity index (χ0n) is 19.4. The molecular formula is C23H31N5O5S. The van der Waals surface area contributed by atoms with Crippen molar-refractivity contribution in [2.75, 3.05) is 6.54 Å². The lowest BCUT2D eigenvalue weighted by Crippen LogP contribution is -2.54. The van der Waals surface area contributed by atoms with Crippen LogP contribution in [0, 0.1) is 5.92 Å². The van der Waals surface area contributed by atoms with Crippen LogP contribution in [0.2, 0.25) is 0 Å². The fourth-order valence-corrected chi connectivity index (χ4v) is 4.99. The van der Waals surface area contributed by atoms with Gasteiger partial charge in [-0.2, -0.15) is 9.82 Å². The number of nitrogens with zero attached hydrogens (tertiary/aromatic N) is 2. The van der Waals surface area contributed by atoms with Crippen LogP contribution in [0.1, 0.15) is 38.7 Å². The maximum Gasteiger partial charge on any atom is 0.289 e. The van der Waals surface area contributed by atoms with Gasteiger partial charge in [0.1, 0.15) is 6.04 Å². The van der Waals surface area contributed by atoms with Crippen LogP contribution in [-0.4, -0.2) is 54.4 Å². The second kappa shape index (κ2) is 11.4. The number of amides is 2. The highest BCUT2D eigenvalue weighted by Crippen LogP contribution is 2.13. The molecule has 10 nitrogen and oxygen atoms in total. The van der Waals surface area contributed by atoms with Crippen LogP contribution in [0.15, 0.2) is 47.6 Å². The Hall–Kier alpha value is -3.05. The Bertz CT molecular complexity index is 1110. The van der Waals surface area contributed by atoms with Gasteiger partial charge in [0.05, 0.1) is 17.1 Å². The zero-order chi connectivity index (χ0) is 24.7. The number of Topliss-reactive ketones (excluding diaryl/α,β-unsaturated/α-hetero) is 1. The molecule has 1 aromatic heterocycles. The zero-order valence-corrected chi connectivity index (χ0v) is 20.2. The predicted molar refractivity (Wildman–Crippen MR) is 125 cm³/mol. The van der Waals surface area contributed by atoms with Crippen LogP contribution in [0.3, 0.4) is 0 Å². The molecule has 184 valence electrons. The van der Waals surface area contributed by atoms with E-state index in [0.717, 1.165) is 5.56 Å². The van der Waals surface area contributed by atoms with Crippen molar-refractivity contribution in [3.63, 3.8) is 0 Å². The number of hydrogen-bond donors (Lipinski definition) is 3. The summed E-state index contributed by atoms with van der Waals surface area (Å²) in [5.74, 6) is -2.17. The molecule has 2 unspecified atom stereocenters. The fourth-order valence-electron chi connectivity index (χ4n) is 3.76. The topological polar surface area (TPSA) is 139 Å². The molecule has 2 amide bonds. The first-order chi connectivity index (χ1) is 16.2. The first-order valence-corrected chi connectivity index (χ1v) is 12.8. The molecule has 2 bridgehead atoms. The highest BCUT2D eigenvalue weighted by molar-refractivity contribution is 7.89. The summed E-state index contributed by atoms with van der Waals surface area (Å²) in [5.41, 5.74) is 0.959. The summed E-state index contributed by atoms with van der Waals surface area (Å²) in [7, 11) is -3.96. The molecule has 1 aromatic carbocycles. The van der Waals surface area contributed by atoms with Gasteiger partial charge in [0.25, 0.3) is 5.91 Å². The summed E-state index contributed by atoms with van der Waals surface area (Å²) in [6.07, 6.45) is 5.08. The number of aryl methyl sites for hydroxylation is 1. The number of nitrogens with one attached hydrogen (secondary N) is 3. The van der Waals surface area contributed by atoms with Gasteiger partial charge in [0.2, 0.25) is 21.7 Å². The van der Waals surface area contributed by atoms with E-state index in [4.69, 9.17) is 0 Å². The Morgan fingerprint density at radius 2 is 1.97 bits per heavy atom. The number of benzene rings is 1. The van der Waals surface area contributed by atoms with E-state index in [2.05, 4.69) is 20.5 Å². The van der Waals surface area contributed by atoms with Crippen molar-refractivity contribution in [1.29, 1.82) is 0 Å². The molecule has 2 aromatic rings. The average molecular weight is 490 g/mol. The Kier molecular flexibility index (Phi) is 8.56. The van der Waals surface area contributed by atoms with E-state index in [1.54, 1.807) is 29.1 Å². The molecule has 0 radical (unpaired) electrons. The van der Waals surface area contributed by atoms with E-state index < -0.39 is 39.7 Å². The lowest BCUT2D eigenvalue weighted by molar-refractivity contribution is -0.140. The van der Waals surface area contributed by atoms with Gasteiger partial charge in [-0.25, -0.2) is 8.42 Å². The van der Waals surface area contributed by atoms with Crippen LogP contribution in [0.5, 0.6) is 0 Å². The number of carbonyl (C=O) groups is 3. The SMILES string of the molecule is CC(C)CC(NS(=O)(=O)c1ccccc1)C(=O)NC1CCCn2cc(cn2)CCNC(=O)C1=O. The fraction of sp³-hybridized carbons (Fsp3) is 0.478. The van der Waals surface area contributed by atoms with Crippen LogP contribution < -0.4 is 15.4 Å². The summed E-state index contributed by atoms with van der Waals surface area (Å²) in [4.78, 5) is 38.4. The lowest BCUT2D eigenvalue weighted by atomic mass is 10.0. The van der Waals surface area contributed by atoms with Gasteiger partial charge in [-0.1, -0.05) is 32.0 Å². The molecule has 1 aliphatic heterocycles. The van der Waals surface area contributed by atoms with Crippen LogP contribution in [0.4, 0.5) is 0 Å². The minimum absolute atomic E-state index is 0.00135. The van der Waals surface area contributed by atoms with Gasteiger partial charge in [-0.05, 0) is 49.3 Å². The van der Waals surface area contributed by atoms with E-state index in [1.165, 1.54) is 12.1 Å². The number of ketones is 1. The number of sulfonamides is 1. The summed E-state index contributed by atoms with van der Waals surface area (Å²) < 4.78 is 29.9. The molecule has 3 rings (SSSR count). The summed E-state index contributed by atoms with van der Waals surface area (Å²) in [6.45, 7) is 4.52. The molecule has 0 saturated heterocycles. The summed E-state index contributed by atoms with van der Waals surface area (Å²) in [5, 5.41) is 9.48. The van der Waals surface area contributed by atoms with Crippen molar-refractivity contribution < 1.29 is 22.8 Å². The third kappa shape index (κ3) is 6.97. The molecule has 0 spiro atoms. The van der Waals surface area contributed by atoms with E-state index in [1.807, 2.05) is 20.0 Å². The van der Waals surface area contributed by atoms with E-state index in [9.17, 15) is 22.8 Å². The third-order valence-electron chi connectivity index (χ3n) is 5.50. The van der Waals surface area contributed by atoms with Crippen molar-refractivity contribution in [1.82, 2.24) is 25.1 Å². The number of hydrogen-bond acceptors (Lipinski definition) is 6. The normalized spacial score (nSPS) is 18.5. The monoisotopic (exact) mass is 489 g/mol. The summed E-state index contributed by atoms with van der Waals surface area (Å²) in [6, 6.07) is 5.59. The third-order valence-corrected chi connectivity index (χ3v) is 6.98. The van der Waals surface area contributed by atoms with Crippen molar-refractivity contribution >= 4 is 27.6 Å². The van der Waals surface area contributed by atoms with E-state index in [-0.39, 0.29) is 30.2 Å².